The Bertz CT molecular complexity index is 169. The second-order valence-corrected chi connectivity index (χ2v) is 3.47. The Hall–Kier alpha value is -0.170. The molecular weight excluding hydrogens is 278 g/mol. The SMILES string of the molecule is CCOCCOCCOCCNC(=O)CBr. The van der Waals surface area contributed by atoms with Crippen molar-refractivity contribution >= 4 is 21.8 Å². The second kappa shape index (κ2) is 12.9. The Morgan fingerprint density at radius 3 is 2.19 bits per heavy atom. The lowest BCUT2D eigenvalue weighted by molar-refractivity contribution is -0.118. The number of amides is 1. The molecule has 0 aliphatic rings. The van der Waals surface area contributed by atoms with E-state index in [9.17, 15) is 4.79 Å². The first-order valence-electron chi connectivity index (χ1n) is 5.37. The summed E-state index contributed by atoms with van der Waals surface area (Å²) in [6.07, 6.45) is 0. The molecule has 1 N–H and O–H groups in total. The summed E-state index contributed by atoms with van der Waals surface area (Å²) in [5, 5.41) is 3.01. The zero-order chi connectivity index (χ0) is 12.1. The molecule has 0 saturated carbocycles. The highest BCUT2D eigenvalue weighted by atomic mass is 79.9. The summed E-state index contributed by atoms with van der Waals surface area (Å²) in [7, 11) is 0. The molecule has 0 bridgehead atoms. The molecule has 0 saturated heterocycles. The Balaban J connectivity index is 2.96. The van der Waals surface area contributed by atoms with Crippen molar-refractivity contribution in [2.45, 2.75) is 6.92 Å². The molecular formula is C10H20BrNO4. The number of carbonyl (C=O) groups is 1. The van der Waals surface area contributed by atoms with Crippen LogP contribution < -0.4 is 5.32 Å². The molecule has 96 valence electrons. The van der Waals surface area contributed by atoms with E-state index in [0.717, 1.165) is 0 Å². The molecule has 0 aliphatic heterocycles. The minimum atomic E-state index is -0.0310. The maximum Gasteiger partial charge on any atom is 0.230 e. The summed E-state index contributed by atoms with van der Waals surface area (Å²) in [6.45, 7) is 6.01. The highest BCUT2D eigenvalue weighted by Gasteiger charge is 1.95. The van der Waals surface area contributed by atoms with Crippen LogP contribution in [0.1, 0.15) is 6.92 Å². The molecule has 0 spiro atoms. The summed E-state index contributed by atoms with van der Waals surface area (Å²) in [4.78, 5) is 10.8. The van der Waals surface area contributed by atoms with Crippen LogP contribution in [0.2, 0.25) is 0 Å². The smallest absolute Gasteiger partial charge is 0.230 e. The van der Waals surface area contributed by atoms with Gasteiger partial charge in [-0.15, -0.1) is 0 Å². The third kappa shape index (κ3) is 11.9. The molecule has 6 heteroatoms. The third-order valence-electron chi connectivity index (χ3n) is 1.64. The van der Waals surface area contributed by atoms with Crippen molar-refractivity contribution in [2.75, 3.05) is 51.5 Å². The van der Waals surface area contributed by atoms with Crippen LogP contribution in [-0.2, 0) is 19.0 Å². The summed E-state index contributed by atoms with van der Waals surface area (Å²) < 4.78 is 15.6. The lowest BCUT2D eigenvalue weighted by Gasteiger charge is -2.06. The molecule has 0 unspecified atom stereocenters. The van der Waals surface area contributed by atoms with Crippen LogP contribution in [-0.4, -0.2) is 57.4 Å². The fraction of sp³-hybridized carbons (Fsp3) is 0.900. The molecule has 5 nitrogen and oxygen atoms in total. The predicted octanol–water partition coefficient (Wildman–Crippen LogP) is 0.567. The molecule has 0 atom stereocenters. The van der Waals surface area contributed by atoms with Gasteiger partial charge in [0.2, 0.25) is 5.91 Å². The van der Waals surface area contributed by atoms with Gasteiger partial charge in [0, 0.05) is 13.2 Å². The van der Waals surface area contributed by atoms with E-state index in [2.05, 4.69) is 21.2 Å². The van der Waals surface area contributed by atoms with Gasteiger partial charge in [0.15, 0.2) is 0 Å². The maximum absolute atomic E-state index is 10.8. The number of alkyl halides is 1. The molecule has 0 fully saturated rings. The van der Waals surface area contributed by atoms with Crippen molar-refractivity contribution < 1.29 is 19.0 Å². The summed E-state index contributed by atoms with van der Waals surface area (Å²) in [5.74, 6) is -0.0310. The molecule has 0 heterocycles. The molecule has 0 aromatic rings. The van der Waals surface area contributed by atoms with Crippen LogP contribution in [0.4, 0.5) is 0 Å². The minimum Gasteiger partial charge on any atom is -0.379 e. The van der Waals surface area contributed by atoms with Gasteiger partial charge in [-0.25, -0.2) is 0 Å². The maximum atomic E-state index is 10.8. The van der Waals surface area contributed by atoms with Gasteiger partial charge < -0.3 is 19.5 Å². The molecule has 0 aliphatic carbocycles. The second-order valence-electron chi connectivity index (χ2n) is 2.91. The standard InChI is InChI=1S/C10H20BrNO4/c1-2-14-5-6-16-8-7-15-4-3-12-10(13)9-11/h2-9H2,1H3,(H,12,13). The van der Waals surface area contributed by atoms with Crippen molar-refractivity contribution in [3.63, 3.8) is 0 Å². The van der Waals surface area contributed by atoms with Crippen LogP contribution in [0.15, 0.2) is 0 Å². The van der Waals surface area contributed by atoms with Crippen molar-refractivity contribution in [3.05, 3.63) is 0 Å². The van der Waals surface area contributed by atoms with E-state index >= 15 is 0 Å². The van der Waals surface area contributed by atoms with Gasteiger partial charge >= 0.3 is 0 Å². The summed E-state index contributed by atoms with van der Waals surface area (Å²) >= 11 is 3.05. The Morgan fingerprint density at radius 1 is 1.06 bits per heavy atom. The van der Waals surface area contributed by atoms with Gasteiger partial charge in [-0.3, -0.25) is 4.79 Å². The molecule has 0 radical (unpaired) electrons. The van der Waals surface area contributed by atoms with Gasteiger partial charge in [-0.2, -0.15) is 0 Å². The quantitative estimate of drug-likeness (QED) is 0.447. The largest absolute Gasteiger partial charge is 0.379 e. The summed E-state index contributed by atoms with van der Waals surface area (Å²) in [5.41, 5.74) is 0. The molecule has 0 aromatic carbocycles. The van der Waals surface area contributed by atoms with Crippen molar-refractivity contribution in [2.24, 2.45) is 0 Å². The van der Waals surface area contributed by atoms with E-state index < -0.39 is 0 Å². The Kier molecular flexibility index (Phi) is 12.8. The number of ether oxygens (including phenoxy) is 3. The number of nitrogens with one attached hydrogen (secondary N) is 1. The first-order chi connectivity index (χ1) is 7.81. The van der Waals surface area contributed by atoms with Gasteiger partial charge in [-0.1, -0.05) is 15.9 Å². The van der Waals surface area contributed by atoms with E-state index in [4.69, 9.17) is 14.2 Å². The summed E-state index contributed by atoms with van der Waals surface area (Å²) in [6, 6.07) is 0. The molecule has 0 rings (SSSR count). The molecule has 0 aromatic heterocycles. The van der Waals surface area contributed by atoms with Crippen LogP contribution in [0.25, 0.3) is 0 Å². The number of carbonyl (C=O) groups excluding carboxylic acids is 1. The van der Waals surface area contributed by atoms with E-state index in [-0.39, 0.29) is 5.91 Å². The zero-order valence-electron chi connectivity index (χ0n) is 9.67. The van der Waals surface area contributed by atoms with Crippen LogP contribution in [0.5, 0.6) is 0 Å². The average molecular weight is 298 g/mol. The van der Waals surface area contributed by atoms with Gasteiger partial charge in [0.1, 0.15) is 0 Å². The number of rotatable bonds is 11. The lowest BCUT2D eigenvalue weighted by atomic mass is 10.6. The molecule has 1 amide bonds. The topological polar surface area (TPSA) is 56.8 Å². The normalized spacial score (nSPS) is 10.4. The first-order valence-corrected chi connectivity index (χ1v) is 6.49. The van der Waals surface area contributed by atoms with E-state index in [1.165, 1.54) is 0 Å². The average Bonchev–Trinajstić information content (AvgIpc) is 2.31. The third-order valence-corrected chi connectivity index (χ3v) is 2.15. The minimum absolute atomic E-state index is 0.0310. The van der Waals surface area contributed by atoms with Crippen molar-refractivity contribution in [1.82, 2.24) is 5.32 Å². The van der Waals surface area contributed by atoms with Crippen molar-refractivity contribution in [1.29, 1.82) is 0 Å². The highest BCUT2D eigenvalue weighted by molar-refractivity contribution is 9.09. The Labute approximate surface area is 105 Å². The fourth-order valence-electron chi connectivity index (χ4n) is 0.894. The lowest BCUT2D eigenvalue weighted by Crippen LogP contribution is -2.28. The van der Waals surface area contributed by atoms with E-state index in [1.807, 2.05) is 6.92 Å². The number of hydrogen-bond acceptors (Lipinski definition) is 4. The van der Waals surface area contributed by atoms with Gasteiger partial charge in [-0.05, 0) is 6.92 Å². The predicted molar refractivity (Wildman–Crippen MR) is 64.9 cm³/mol. The number of hydrogen-bond donors (Lipinski definition) is 1. The van der Waals surface area contributed by atoms with Crippen LogP contribution in [0, 0.1) is 0 Å². The fourth-order valence-corrected chi connectivity index (χ4v) is 1.09. The van der Waals surface area contributed by atoms with E-state index in [1.54, 1.807) is 0 Å². The Morgan fingerprint density at radius 2 is 1.62 bits per heavy atom. The highest BCUT2D eigenvalue weighted by Crippen LogP contribution is 1.81. The van der Waals surface area contributed by atoms with E-state index in [0.29, 0.717) is 51.5 Å². The van der Waals surface area contributed by atoms with Crippen LogP contribution >= 0.6 is 15.9 Å². The monoisotopic (exact) mass is 297 g/mol. The van der Waals surface area contributed by atoms with Crippen molar-refractivity contribution in [3.8, 4) is 0 Å². The molecule has 16 heavy (non-hydrogen) atoms. The van der Waals surface area contributed by atoms with Gasteiger partial charge in [0.25, 0.3) is 0 Å². The zero-order valence-corrected chi connectivity index (χ0v) is 11.3. The number of halogens is 1. The first kappa shape index (κ1) is 15.8. The van der Waals surface area contributed by atoms with Crippen LogP contribution in [0.3, 0.4) is 0 Å². The van der Waals surface area contributed by atoms with Gasteiger partial charge in [0.05, 0.1) is 38.4 Å².